The maximum atomic E-state index is 13.4. The average Bonchev–Trinajstić information content (AvgIpc) is 3.34. The zero-order valence-corrected chi connectivity index (χ0v) is 44.5. The molecule has 4 heterocycles. The number of carbonyl (C=O) groups is 2. The van der Waals surface area contributed by atoms with E-state index in [1.54, 1.807) is 6.92 Å². The van der Waals surface area contributed by atoms with Crippen LogP contribution in [0.4, 0.5) is 0 Å². The van der Waals surface area contributed by atoms with Crippen molar-refractivity contribution in [3.8, 4) is 0 Å². The molecule has 0 radical (unpaired) electrons. The molecule has 0 spiro atoms. The number of rotatable bonds is 25. The van der Waals surface area contributed by atoms with Crippen molar-refractivity contribution < 1.29 is 73.4 Å². The molecule has 0 saturated carbocycles. The first-order valence-electron chi connectivity index (χ1n) is 25.8. The number of fused-ring (bicyclic) bond motifs is 1. The van der Waals surface area contributed by atoms with Gasteiger partial charge in [-0.05, 0) is 79.1 Å². The van der Waals surface area contributed by atoms with E-state index in [4.69, 9.17) is 33.2 Å². The third-order valence-corrected chi connectivity index (χ3v) is 17.9. The molecule has 0 aliphatic carbocycles. The van der Waals surface area contributed by atoms with Crippen LogP contribution in [0.3, 0.4) is 0 Å². The molecule has 69 heavy (non-hydrogen) atoms. The van der Waals surface area contributed by atoms with Crippen LogP contribution >= 0.6 is 0 Å². The summed E-state index contributed by atoms with van der Waals surface area (Å²) in [5.41, 5.74) is -5.71. The van der Waals surface area contributed by atoms with Gasteiger partial charge in [-0.2, -0.15) is 0 Å². The molecule has 4 fully saturated rings. The van der Waals surface area contributed by atoms with Crippen LogP contribution in [0.1, 0.15) is 148 Å². The van der Waals surface area contributed by atoms with Crippen molar-refractivity contribution in [2.75, 3.05) is 26.9 Å². The Morgan fingerprint density at radius 1 is 0.652 bits per heavy atom. The zero-order valence-electron chi connectivity index (χ0n) is 44.5. The van der Waals surface area contributed by atoms with Crippen LogP contribution in [0.2, 0.25) is 0 Å². The van der Waals surface area contributed by atoms with Crippen LogP contribution < -0.4 is 16.0 Å². The Labute approximate surface area is 412 Å². The van der Waals surface area contributed by atoms with E-state index in [0.29, 0.717) is 51.4 Å². The van der Waals surface area contributed by atoms with Crippen molar-refractivity contribution in [3.05, 3.63) is 12.2 Å². The molecule has 4 aliphatic rings. The van der Waals surface area contributed by atoms with E-state index in [1.807, 2.05) is 83.1 Å². The van der Waals surface area contributed by atoms with Crippen LogP contribution in [-0.4, -0.2) is 189 Å². The van der Waals surface area contributed by atoms with E-state index < -0.39 is 150 Å². The molecule has 0 aromatic heterocycles. The molecule has 4 rings (SSSR count). The fourth-order valence-electron chi connectivity index (χ4n) is 11.9. The first-order chi connectivity index (χ1) is 32.3. The van der Waals surface area contributed by atoms with E-state index >= 15 is 0 Å². The number of nitrogens with one attached hydrogen (secondary N) is 3. The second-order valence-electron chi connectivity index (χ2n) is 21.1. The Morgan fingerprint density at radius 3 is 1.57 bits per heavy atom. The van der Waals surface area contributed by atoms with Gasteiger partial charge in [-0.15, -0.1) is 0 Å². The van der Waals surface area contributed by atoms with Crippen LogP contribution in [0, 0.1) is 5.41 Å². The highest BCUT2D eigenvalue weighted by Gasteiger charge is 2.71. The lowest BCUT2D eigenvalue weighted by Gasteiger charge is -2.68. The molecule has 2 amide bonds. The number of methoxy groups -OCH3 is 1. The normalized spacial score (nSPS) is 37.8. The molecule has 0 aromatic rings. The number of hydrogen-bond acceptors (Lipinski definition) is 16. The van der Waals surface area contributed by atoms with E-state index in [-0.39, 0.29) is 11.5 Å². The summed E-state index contributed by atoms with van der Waals surface area (Å²) < 4.78 is 46.9. The van der Waals surface area contributed by atoms with E-state index in [0.717, 1.165) is 0 Å². The Hall–Kier alpha value is -1.88. The maximum Gasteiger partial charge on any atom is 0.246 e. The Morgan fingerprint density at radius 2 is 1.14 bits per heavy atom. The summed E-state index contributed by atoms with van der Waals surface area (Å²) in [6, 6.07) is -2.72. The third kappa shape index (κ3) is 10.7. The minimum atomic E-state index is -1.34. The summed E-state index contributed by atoms with van der Waals surface area (Å²) in [7, 11) is 1.54. The highest BCUT2D eigenvalue weighted by Crippen LogP contribution is 2.54. The predicted molar refractivity (Wildman–Crippen MR) is 259 cm³/mol. The second-order valence-corrected chi connectivity index (χ2v) is 21.1. The summed E-state index contributed by atoms with van der Waals surface area (Å²) in [4.78, 5) is 26.0. The van der Waals surface area contributed by atoms with Gasteiger partial charge < -0.3 is 74.4 Å². The molecular weight excluding hydrogens is 895 g/mol. The minimum absolute atomic E-state index is 0.225. The van der Waals surface area contributed by atoms with Gasteiger partial charge in [0.15, 0.2) is 0 Å². The molecule has 18 heteroatoms. The topological polar surface area (TPSA) is 256 Å². The van der Waals surface area contributed by atoms with Gasteiger partial charge in [0.05, 0.1) is 78.1 Å². The number of aliphatic hydroxyl groups is 6. The van der Waals surface area contributed by atoms with Crippen molar-refractivity contribution >= 4 is 11.8 Å². The minimum Gasteiger partial charge on any atom is -0.394 e. The highest BCUT2D eigenvalue weighted by molar-refractivity contribution is 5.92. The Bertz CT molecular complexity index is 1690. The quantitative estimate of drug-likeness (QED) is 0.0597. The fraction of sp³-hybridized carbons (Fsp3) is 0.922. The predicted octanol–water partition coefficient (Wildman–Crippen LogP) is 2.73. The first-order valence-corrected chi connectivity index (χ1v) is 25.8. The smallest absolute Gasteiger partial charge is 0.246 e. The van der Waals surface area contributed by atoms with Gasteiger partial charge in [-0.1, -0.05) is 68.9 Å². The molecule has 18 nitrogen and oxygen atoms in total. The van der Waals surface area contributed by atoms with Crippen molar-refractivity contribution in [2.45, 2.75) is 268 Å². The summed E-state index contributed by atoms with van der Waals surface area (Å²) in [5, 5.41) is 79.3. The summed E-state index contributed by atoms with van der Waals surface area (Å²) >= 11 is 0. The highest BCUT2D eigenvalue weighted by atomic mass is 16.6. The number of ether oxygens (including phenoxy) is 7. The average molecular weight is 988 g/mol. The maximum absolute atomic E-state index is 13.4. The third-order valence-electron chi connectivity index (χ3n) is 17.9. The Kier molecular flexibility index (Phi) is 20.4. The summed E-state index contributed by atoms with van der Waals surface area (Å²) in [5.74, 6) is -0.876. The molecule has 0 bridgehead atoms. The molecule has 402 valence electrons. The lowest BCUT2D eigenvalue weighted by molar-refractivity contribution is -0.342. The van der Waals surface area contributed by atoms with E-state index in [1.165, 1.54) is 14.0 Å². The van der Waals surface area contributed by atoms with Crippen LogP contribution in [0.15, 0.2) is 12.2 Å². The van der Waals surface area contributed by atoms with Crippen molar-refractivity contribution in [3.63, 3.8) is 0 Å². The van der Waals surface area contributed by atoms with Gasteiger partial charge in [0.25, 0.3) is 0 Å². The Balaban J connectivity index is 1.72. The molecule has 4 saturated heterocycles. The number of hydrogen-bond donors (Lipinski definition) is 9. The molecule has 0 aromatic carbocycles. The van der Waals surface area contributed by atoms with Gasteiger partial charge >= 0.3 is 0 Å². The SMILES string of the molecule is C=C(C)C(=O)NC1C(O)C(OC(C)(CC)CC)[C@H](CO)O[C@H]1C(C)(CC)C(C)(CC)OC1C(CO)OC2C(NC2(CC)C(CC)(CC)OC2C(O)C(NC(C)=O)[C@H](C(C)(CC)OC)O[C@H]2CO)C1O. The fourth-order valence-corrected chi connectivity index (χ4v) is 11.9. The lowest BCUT2D eigenvalue weighted by Crippen LogP contribution is -2.90. The molecule has 9 N–H and O–H groups in total. The van der Waals surface area contributed by atoms with E-state index in [9.17, 15) is 40.2 Å². The van der Waals surface area contributed by atoms with Gasteiger partial charge in [0.2, 0.25) is 11.8 Å². The molecular formula is C51H93N3O15. The van der Waals surface area contributed by atoms with Gasteiger partial charge in [0.1, 0.15) is 61.0 Å². The monoisotopic (exact) mass is 988 g/mol. The summed E-state index contributed by atoms with van der Waals surface area (Å²) in [6.07, 6.45) is -8.99. The molecule has 19 atom stereocenters. The number of aliphatic hydroxyl groups excluding tert-OH is 6. The van der Waals surface area contributed by atoms with Gasteiger partial charge in [0, 0.05) is 25.0 Å². The summed E-state index contributed by atoms with van der Waals surface area (Å²) in [6.45, 7) is 28.5. The van der Waals surface area contributed by atoms with E-state index in [2.05, 4.69) is 22.5 Å². The first kappa shape index (κ1) is 59.7. The van der Waals surface area contributed by atoms with Crippen molar-refractivity contribution in [1.29, 1.82) is 0 Å². The second kappa shape index (κ2) is 23.5. The van der Waals surface area contributed by atoms with Crippen molar-refractivity contribution in [2.24, 2.45) is 5.41 Å². The largest absolute Gasteiger partial charge is 0.394 e. The van der Waals surface area contributed by atoms with Gasteiger partial charge in [-0.3, -0.25) is 14.9 Å². The van der Waals surface area contributed by atoms with Crippen LogP contribution in [-0.2, 0) is 42.7 Å². The lowest BCUT2D eigenvalue weighted by atomic mass is 9.60. The number of carbonyl (C=O) groups excluding carboxylic acids is 2. The zero-order chi connectivity index (χ0) is 52.2. The van der Waals surface area contributed by atoms with Crippen LogP contribution in [0.5, 0.6) is 0 Å². The van der Waals surface area contributed by atoms with Gasteiger partial charge in [-0.25, -0.2) is 0 Å². The molecule has 4 aliphatic heterocycles. The van der Waals surface area contributed by atoms with Crippen LogP contribution in [0.25, 0.3) is 0 Å². The standard InChI is InChI=1S/C51H93N3O15/c1-17-46(12,18-2)67-39-30(25-55)64-42(33(36(39)59)53-45(62)28(9)10)47(13,19-3)49(15,21-5)68-40-31(26-56)66-44-35(38(40)61)54-51(44,24-8)50(22-6,23-7)69-41-32(27-57)65-43(48(14,20-4)63-16)34(37(41)60)52-29(11)58/h30-44,54-57,59-61H,9,17-27H2,1-8,10-16H3,(H,52,58)(H,53,62)/t30-,31?,32-,33?,34?,35?,36?,37?,38?,39?,40?,41?,42+,43+,44?,47?,48?,49?,51?/m0/s1. The number of amides is 2. The van der Waals surface area contributed by atoms with Crippen molar-refractivity contribution in [1.82, 2.24) is 16.0 Å². The molecule has 15 unspecified atom stereocenters.